The van der Waals surface area contributed by atoms with Gasteiger partial charge in [-0.3, -0.25) is 19.0 Å². The van der Waals surface area contributed by atoms with Gasteiger partial charge in [0.05, 0.1) is 17.8 Å². The number of nitrogens with zero attached hydrogens (tertiary/aromatic N) is 4. The number of nitrogens with one attached hydrogen (secondary N) is 1. The minimum Gasteiger partial charge on any atom is -0.350 e. The number of fused-ring (bicyclic) bond motifs is 2. The molecule has 2 saturated carbocycles. The molecule has 2 amide bonds. The van der Waals surface area contributed by atoms with Gasteiger partial charge in [-0.1, -0.05) is 12.6 Å². The first-order valence-corrected chi connectivity index (χ1v) is 12.5. The van der Waals surface area contributed by atoms with Crippen LogP contribution < -0.4 is 5.32 Å². The number of rotatable bonds is 8. The molecule has 0 radical (unpaired) electrons. The number of aromatic nitrogens is 3. The fraction of sp³-hybridized carbons (Fsp3) is 0.393. The van der Waals surface area contributed by atoms with Gasteiger partial charge < -0.3 is 10.2 Å². The lowest BCUT2D eigenvalue weighted by atomic mass is 9.79. The summed E-state index contributed by atoms with van der Waals surface area (Å²) >= 11 is 0. The van der Waals surface area contributed by atoms with E-state index in [-0.39, 0.29) is 23.6 Å². The molecule has 3 aromatic rings. The maximum atomic E-state index is 13.2. The standard InChI is InChI=1S/C28H28F3N5O2/c1-3-4-10-27(12-18-11-19(18)13-27)17-33-25(37)23-6-5-7-24-34-22(16-36(23)24)26(38)35(2)15-21-9-8-20(14-32-21)28(29,30)31/h4-9,14,16,18-19H,1,10-13,15,17H2,2H3,(H,33,37). The maximum absolute atomic E-state index is 13.2. The van der Waals surface area contributed by atoms with E-state index in [1.165, 1.54) is 30.6 Å². The molecule has 3 heterocycles. The first-order chi connectivity index (χ1) is 18.1. The van der Waals surface area contributed by atoms with Crippen LogP contribution >= 0.6 is 0 Å². The monoisotopic (exact) mass is 523 g/mol. The molecular weight excluding hydrogens is 495 g/mol. The molecule has 2 aliphatic carbocycles. The van der Waals surface area contributed by atoms with Gasteiger partial charge in [0, 0.05) is 26.0 Å². The number of hydrogen-bond acceptors (Lipinski definition) is 4. The lowest BCUT2D eigenvalue weighted by Gasteiger charge is -2.30. The third kappa shape index (κ3) is 5.22. The minimum absolute atomic E-state index is 0.00140. The third-order valence-electron chi connectivity index (χ3n) is 7.60. The van der Waals surface area contributed by atoms with Crippen molar-refractivity contribution in [3.8, 4) is 0 Å². The van der Waals surface area contributed by atoms with E-state index in [0.29, 0.717) is 23.6 Å². The number of carbonyl (C=O) groups excluding carboxylic acids is 2. The molecule has 7 nitrogen and oxygen atoms in total. The Balaban J connectivity index is 1.28. The molecule has 0 bridgehead atoms. The summed E-state index contributed by atoms with van der Waals surface area (Å²) in [6, 6.07) is 7.26. The first kappa shape index (κ1) is 25.7. The highest BCUT2D eigenvalue weighted by Crippen LogP contribution is 2.61. The molecule has 1 N–H and O–H groups in total. The molecule has 2 aliphatic rings. The summed E-state index contributed by atoms with van der Waals surface area (Å²) in [5.74, 6) is 0.815. The third-order valence-corrected chi connectivity index (χ3v) is 7.60. The first-order valence-electron chi connectivity index (χ1n) is 12.5. The molecule has 2 atom stereocenters. The number of allylic oxidation sites excluding steroid dienone is 1. The van der Waals surface area contributed by atoms with Crippen LogP contribution in [0.2, 0.25) is 0 Å². The van der Waals surface area contributed by atoms with Crippen LogP contribution in [0.3, 0.4) is 0 Å². The van der Waals surface area contributed by atoms with Crippen molar-refractivity contribution in [1.29, 1.82) is 0 Å². The average Bonchev–Trinajstić information content (AvgIpc) is 3.30. The summed E-state index contributed by atoms with van der Waals surface area (Å²) in [6.45, 7) is 4.22. The second-order valence-corrected chi connectivity index (χ2v) is 10.4. The smallest absolute Gasteiger partial charge is 0.350 e. The van der Waals surface area contributed by atoms with E-state index in [4.69, 9.17) is 0 Å². The summed E-state index contributed by atoms with van der Waals surface area (Å²) in [5, 5.41) is 3.09. The molecule has 198 valence electrons. The fourth-order valence-electron chi connectivity index (χ4n) is 5.53. The summed E-state index contributed by atoms with van der Waals surface area (Å²) in [7, 11) is 1.52. The zero-order chi connectivity index (χ0) is 27.1. The molecule has 0 aliphatic heterocycles. The lowest BCUT2D eigenvalue weighted by Crippen LogP contribution is -2.37. The number of imidazole rings is 1. The van der Waals surface area contributed by atoms with E-state index in [9.17, 15) is 22.8 Å². The summed E-state index contributed by atoms with van der Waals surface area (Å²) in [4.78, 5) is 35.7. The second kappa shape index (κ2) is 9.76. The van der Waals surface area contributed by atoms with Crippen LogP contribution in [0, 0.1) is 17.3 Å². The molecule has 0 spiro atoms. The SMILES string of the molecule is C=C=CCC1(CNC(=O)c2cccc3nc(C(=O)N(C)Cc4ccc(C(F)(F)F)cn4)cn23)CC2CC2C1. The van der Waals surface area contributed by atoms with Gasteiger partial charge in [0.1, 0.15) is 17.0 Å². The summed E-state index contributed by atoms with van der Waals surface area (Å²) < 4.78 is 39.9. The zero-order valence-corrected chi connectivity index (χ0v) is 21.0. The molecule has 2 unspecified atom stereocenters. The van der Waals surface area contributed by atoms with Crippen molar-refractivity contribution < 1.29 is 22.8 Å². The second-order valence-electron chi connectivity index (χ2n) is 10.4. The van der Waals surface area contributed by atoms with Crippen LogP contribution in [0.5, 0.6) is 0 Å². The Kier molecular flexibility index (Phi) is 6.61. The van der Waals surface area contributed by atoms with Crippen LogP contribution in [-0.2, 0) is 12.7 Å². The van der Waals surface area contributed by atoms with Crippen LogP contribution in [0.1, 0.15) is 57.9 Å². The van der Waals surface area contributed by atoms with Gasteiger partial charge in [-0.2, -0.15) is 13.2 Å². The Morgan fingerprint density at radius 1 is 1.26 bits per heavy atom. The number of hydrogen-bond donors (Lipinski definition) is 1. The molecule has 5 rings (SSSR count). The van der Waals surface area contributed by atoms with Crippen molar-refractivity contribution in [2.24, 2.45) is 17.3 Å². The molecule has 3 aromatic heterocycles. The number of alkyl halides is 3. The van der Waals surface area contributed by atoms with E-state index in [1.54, 1.807) is 22.6 Å². The highest BCUT2D eigenvalue weighted by atomic mass is 19.4. The lowest BCUT2D eigenvalue weighted by molar-refractivity contribution is -0.137. The van der Waals surface area contributed by atoms with Gasteiger partial charge in [-0.05, 0) is 73.3 Å². The quantitative estimate of drug-likeness (QED) is 0.426. The van der Waals surface area contributed by atoms with Gasteiger partial charge in [-0.25, -0.2) is 4.98 Å². The molecule has 38 heavy (non-hydrogen) atoms. The van der Waals surface area contributed by atoms with Crippen LogP contribution in [0.4, 0.5) is 13.2 Å². The number of amides is 2. The fourth-order valence-corrected chi connectivity index (χ4v) is 5.53. The Bertz CT molecular complexity index is 1410. The minimum atomic E-state index is -4.48. The van der Waals surface area contributed by atoms with E-state index < -0.39 is 17.6 Å². The normalized spacial score (nSPS) is 22.0. The molecule has 2 fully saturated rings. The predicted molar refractivity (Wildman–Crippen MR) is 134 cm³/mol. The van der Waals surface area contributed by atoms with Crippen molar-refractivity contribution in [2.45, 2.75) is 38.4 Å². The average molecular weight is 524 g/mol. The Labute approximate surface area is 218 Å². The van der Waals surface area contributed by atoms with E-state index in [0.717, 1.165) is 43.4 Å². The van der Waals surface area contributed by atoms with E-state index in [2.05, 4.69) is 27.6 Å². The largest absolute Gasteiger partial charge is 0.417 e. The topological polar surface area (TPSA) is 79.6 Å². The van der Waals surface area contributed by atoms with E-state index in [1.807, 2.05) is 6.08 Å². The van der Waals surface area contributed by atoms with Crippen molar-refractivity contribution >= 4 is 17.5 Å². The molecule has 0 saturated heterocycles. The predicted octanol–water partition coefficient (Wildman–Crippen LogP) is 4.90. The highest BCUT2D eigenvalue weighted by Gasteiger charge is 2.53. The van der Waals surface area contributed by atoms with Crippen LogP contribution in [0.25, 0.3) is 5.65 Å². The number of halogens is 3. The van der Waals surface area contributed by atoms with Gasteiger partial charge >= 0.3 is 6.18 Å². The van der Waals surface area contributed by atoms with Gasteiger partial charge in [0.2, 0.25) is 0 Å². The summed E-state index contributed by atoms with van der Waals surface area (Å²) in [5.41, 5.74) is 3.24. The van der Waals surface area contributed by atoms with Gasteiger partial charge in [0.25, 0.3) is 11.8 Å². The Hall–Kier alpha value is -3.91. The summed E-state index contributed by atoms with van der Waals surface area (Å²) in [6.07, 6.45) is 4.00. The van der Waals surface area contributed by atoms with Gasteiger partial charge in [0.15, 0.2) is 0 Å². The van der Waals surface area contributed by atoms with Crippen molar-refractivity contribution in [3.63, 3.8) is 0 Å². The van der Waals surface area contributed by atoms with Crippen LogP contribution in [-0.4, -0.2) is 44.7 Å². The molecular formula is C28H28F3N5O2. The zero-order valence-electron chi connectivity index (χ0n) is 21.0. The number of carbonyl (C=O) groups is 2. The molecule has 0 aromatic carbocycles. The maximum Gasteiger partial charge on any atom is 0.417 e. The Morgan fingerprint density at radius 3 is 2.68 bits per heavy atom. The van der Waals surface area contributed by atoms with Crippen molar-refractivity contribution in [3.05, 3.63) is 83.8 Å². The molecule has 10 heteroatoms. The highest BCUT2D eigenvalue weighted by molar-refractivity contribution is 5.95. The van der Waals surface area contributed by atoms with Crippen molar-refractivity contribution in [2.75, 3.05) is 13.6 Å². The van der Waals surface area contributed by atoms with Gasteiger partial charge in [-0.15, -0.1) is 5.73 Å². The van der Waals surface area contributed by atoms with Crippen LogP contribution in [0.15, 0.2) is 61.1 Å². The van der Waals surface area contributed by atoms with Crippen molar-refractivity contribution in [1.82, 2.24) is 24.6 Å². The number of pyridine rings is 2. The Morgan fingerprint density at radius 2 is 2.03 bits per heavy atom. The van der Waals surface area contributed by atoms with E-state index >= 15 is 0 Å².